The molecule has 8 heteroatoms. The Hall–Kier alpha value is -2.41. The van der Waals surface area contributed by atoms with Crippen molar-refractivity contribution >= 4 is 34.8 Å². The van der Waals surface area contributed by atoms with Crippen LogP contribution in [0.3, 0.4) is 0 Å². The van der Waals surface area contributed by atoms with E-state index in [1.165, 1.54) is 0 Å². The number of nitrogens with zero attached hydrogens (tertiary/aromatic N) is 3. The first-order valence-electron chi connectivity index (χ1n) is 9.86. The molecule has 30 heavy (non-hydrogen) atoms. The average Bonchev–Trinajstić information content (AvgIpc) is 3.19. The highest BCUT2D eigenvalue weighted by Crippen LogP contribution is 2.27. The number of anilines is 1. The zero-order valence-corrected chi connectivity index (χ0v) is 18.1. The number of carbonyl (C=O) groups is 1. The Morgan fingerprint density at radius 1 is 1.20 bits per heavy atom. The second-order valence-electron chi connectivity index (χ2n) is 7.55. The molecule has 2 aromatic carbocycles. The zero-order chi connectivity index (χ0) is 21.1. The van der Waals surface area contributed by atoms with E-state index in [2.05, 4.69) is 20.4 Å². The lowest BCUT2D eigenvalue weighted by atomic mass is 9.96. The molecule has 2 heterocycles. The Morgan fingerprint density at radius 2 is 2.00 bits per heavy atom. The van der Waals surface area contributed by atoms with Crippen molar-refractivity contribution in [2.45, 2.75) is 26.3 Å². The molecule has 0 spiro atoms. The quantitative estimate of drug-likeness (QED) is 0.585. The number of likely N-dealkylation sites (tertiary alicyclic amines) is 1. The summed E-state index contributed by atoms with van der Waals surface area (Å²) >= 11 is 12.1. The van der Waals surface area contributed by atoms with E-state index in [-0.39, 0.29) is 11.8 Å². The first kappa shape index (κ1) is 20.8. The van der Waals surface area contributed by atoms with Crippen LogP contribution in [0.25, 0.3) is 11.4 Å². The van der Waals surface area contributed by atoms with Gasteiger partial charge in [0.15, 0.2) is 0 Å². The van der Waals surface area contributed by atoms with Crippen molar-refractivity contribution in [3.63, 3.8) is 0 Å². The lowest BCUT2D eigenvalue weighted by molar-refractivity contribution is -0.121. The fourth-order valence-electron chi connectivity index (χ4n) is 3.59. The van der Waals surface area contributed by atoms with Crippen LogP contribution in [0.15, 0.2) is 47.0 Å². The van der Waals surface area contributed by atoms with Gasteiger partial charge in [-0.2, -0.15) is 4.98 Å². The monoisotopic (exact) mass is 444 g/mol. The lowest BCUT2D eigenvalue weighted by Crippen LogP contribution is -2.37. The summed E-state index contributed by atoms with van der Waals surface area (Å²) in [5.41, 5.74) is 2.68. The topological polar surface area (TPSA) is 71.3 Å². The smallest absolute Gasteiger partial charge is 0.241 e. The first-order valence-corrected chi connectivity index (χ1v) is 10.6. The molecule has 0 unspecified atom stereocenters. The van der Waals surface area contributed by atoms with Crippen LogP contribution < -0.4 is 5.32 Å². The largest absolute Gasteiger partial charge is 0.338 e. The van der Waals surface area contributed by atoms with Crippen LogP contribution >= 0.6 is 23.2 Å². The van der Waals surface area contributed by atoms with Gasteiger partial charge in [0.2, 0.25) is 17.6 Å². The van der Waals surface area contributed by atoms with E-state index in [9.17, 15) is 4.79 Å². The van der Waals surface area contributed by atoms with Crippen molar-refractivity contribution in [2.24, 2.45) is 5.92 Å². The Kier molecular flexibility index (Phi) is 6.37. The van der Waals surface area contributed by atoms with Crippen LogP contribution in [-0.2, 0) is 11.3 Å². The van der Waals surface area contributed by atoms with Crippen LogP contribution in [0.4, 0.5) is 5.69 Å². The number of hydrogen-bond acceptors (Lipinski definition) is 5. The predicted octanol–water partition coefficient (Wildman–Crippen LogP) is 5.20. The Balaban J connectivity index is 1.30. The third kappa shape index (κ3) is 5.01. The summed E-state index contributed by atoms with van der Waals surface area (Å²) in [6.45, 7) is 4.19. The van der Waals surface area contributed by atoms with Crippen LogP contribution in [0.2, 0.25) is 10.0 Å². The van der Waals surface area contributed by atoms with Gasteiger partial charge < -0.3 is 9.84 Å². The summed E-state index contributed by atoms with van der Waals surface area (Å²) in [7, 11) is 0. The van der Waals surface area contributed by atoms with E-state index in [4.69, 9.17) is 27.7 Å². The summed E-state index contributed by atoms with van der Waals surface area (Å²) in [4.78, 5) is 19.3. The number of benzene rings is 2. The van der Waals surface area contributed by atoms with Gasteiger partial charge in [0.25, 0.3) is 0 Å². The number of aromatic nitrogens is 2. The van der Waals surface area contributed by atoms with Crippen molar-refractivity contribution in [3.05, 3.63) is 64.0 Å². The summed E-state index contributed by atoms with van der Waals surface area (Å²) in [5, 5.41) is 7.99. The fraction of sp³-hybridized carbons (Fsp3) is 0.318. The molecule has 1 N–H and O–H groups in total. The minimum Gasteiger partial charge on any atom is -0.338 e. The van der Waals surface area contributed by atoms with Gasteiger partial charge in [-0.15, -0.1) is 0 Å². The molecule has 4 rings (SSSR count). The molecule has 1 aromatic heterocycles. The van der Waals surface area contributed by atoms with Gasteiger partial charge >= 0.3 is 0 Å². The summed E-state index contributed by atoms with van der Waals surface area (Å²) in [6.07, 6.45) is 1.52. The molecule has 3 aromatic rings. The SMILES string of the molecule is Cc1cccc(-c2noc(CN3CCC(C(=O)Nc4ccc(Cl)cc4Cl)CC3)n2)c1. The van der Waals surface area contributed by atoms with E-state index in [1.54, 1.807) is 18.2 Å². The Morgan fingerprint density at radius 3 is 2.73 bits per heavy atom. The second-order valence-corrected chi connectivity index (χ2v) is 8.39. The van der Waals surface area contributed by atoms with Crippen molar-refractivity contribution in [2.75, 3.05) is 18.4 Å². The molecule has 0 bridgehead atoms. The highest BCUT2D eigenvalue weighted by Gasteiger charge is 2.26. The molecule has 1 aliphatic rings. The number of halogens is 2. The van der Waals surface area contributed by atoms with E-state index in [1.807, 2.05) is 31.2 Å². The third-order valence-electron chi connectivity index (χ3n) is 5.25. The lowest BCUT2D eigenvalue weighted by Gasteiger charge is -2.30. The highest BCUT2D eigenvalue weighted by atomic mass is 35.5. The molecular weight excluding hydrogens is 423 g/mol. The molecule has 0 saturated carbocycles. The standard InChI is InChI=1S/C22H22Cl2N4O2/c1-14-3-2-4-16(11-14)21-26-20(30-27-21)13-28-9-7-15(8-10-28)22(29)25-19-6-5-17(23)12-18(19)24/h2-6,11-12,15H,7-10,13H2,1H3,(H,25,29). The number of rotatable bonds is 5. The maximum absolute atomic E-state index is 12.6. The molecule has 1 saturated heterocycles. The second kappa shape index (κ2) is 9.16. The van der Waals surface area contributed by atoms with Gasteiger partial charge in [-0.3, -0.25) is 9.69 Å². The fourth-order valence-corrected chi connectivity index (χ4v) is 4.05. The van der Waals surface area contributed by atoms with Crippen molar-refractivity contribution in [1.29, 1.82) is 0 Å². The number of amides is 1. The minimum absolute atomic E-state index is 0.0154. The molecule has 0 atom stereocenters. The van der Waals surface area contributed by atoms with E-state index < -0.39 is 0 Å². The van der Waals surface area contributed by atoms with Gasteiger partial charge in [0, 0.05) is 16.5 Å². The van der Waals surface area contributed by atoms with Gasteiger partial charge in [0.1, 0.15) is 0 Å². The highest BCUT2D eigenvalue weighted by molar-refractivity contribution is 6.36. The molecule has 1 amide bonds. The number of aryl methyl sites for hydroxylation is 1. The van der Waals surface area contributed by atoms with Crippen LogP contribution in [-0.4, -0.2) is 34.0 Å². The normalized spacial score (nSPS) is 15.3. The molecule has 1 aliphatic heterocycles. The third-order valence-corrected chi connectivity index (χ3v) is 5.80. The van der Waals surface area contributed by atoms with Crippen molar-refractivity contribution in [1.82, 2.24) is 15.0 Å². The van der Waals surface area contributed by atoms with Crippen LogP contribution in [0, 0.1) is 12.8 Å². The molecule has 6 nitrogen and oxygen atoms in total. The van der Waals surface area contributed by atoms with E-state index >= 15 is 0 Å². The maximum Gasteiger partial charge on any atom is 0.241 e. The molecule has 1 fully saturated rings. The van der Waals surface area contributed by atoms with Gasteiger partial charge in [0.05, 0.1) is 17.3 Å². The van der Waals surface area contributed by atoms with E-state index in [0.717, 1.165) is 37.1 Å². The Labute approximate surface area is 185 Å². The Bertz CT molecular complexity index is 1050. The first-order chi connectivity index (χ1) is 14.5. The van der Waals surface area contributed by atoms with Gasteiger partial charge in [-0.25, -0.2) is 0 Å². The van der Waals surface area contributed by atoms with Gasteiger partial charge in [-0.1, -0.05) is 52.1 Å². The average molecular weight is 445 g/mol. The summed E-state index contributed by atoms with van der Waals surface area (Å²) in [5.74, 6) is 1.11. The molecule has 156 valence electrons. The van der Waals surface area contributed by atoms with Crippen molar-refractivity contribution in [3.8, 4) is 11.4 Å². The number of piperidine rings is 1. The maximum atomic E-state index is 12.6. The van der Waals surface area contributed by atoms with Crippen LogP contribution in [0.5, 0.6) is 0 Å². The minimum atomic E-state index is -0.0569. The van der Waals surface area contributed by atoms with E-state index in [0.29, 0.717) is 34.0 Å². The summed E-state index contributed by atoms with van der Waals surface area (Å²) in [6, 6.07) is 13.1. The van der Waals surface area contributed by atoms with Gasteiger partial charge in [-0.05, 0) is 57.1 Å². The number of hydrogen-bond donors (Lipinski definition) is 1. The van der Waals surface area contributed by atoms with Crippen molar-refractivity contribution < 1.29 is 9.32 Å². The molecule has 0 aliphatic carbocycles. The zero-order valence-electron chi connectivity index (χ0n) is 16.6. The predicted molar refractivity (Wildman–Crippen MR) is 118 cm³/mol. The molecular formula is C22H22Cl2N4O2. The number of nitrogens with one attached hydrogen (secondary N) is 1. The summed E-state index contributed by atoms with van der Waals surface area (Å²) < 4.78 is 5.43. The molecule has 0 radical (unpaired) electrons. The number of carbonyl (C=O) groups excluding carboxylic acids is 1. The van der Waals surface area contributed by atoms with Crippen LogP contribution in [0.1, 0.15) is 24.3 Å².